The minimum atomic E-state index is -0.481. The van der Waals surface area contributed by atoms with Crippen LogP contribution in [0.5, 0.6) is 0 Å². The van der Waals surface area contributed by atoms with Gasteiger partial charge >= 0.3 is 0 Å². The molecule has 1 atom stereocenters. The normalized spacial score (nSPS) is 16.5. The summed E-state index contributed by atoms with van der Waals surface area (Å²) >= 11 is 0. The molecular formula is C17H17N3O3. The van der Waals surface area contributed by atoms with Crippen LogP contribution in [0.3, 0.4) is 0 Å². The number of carbonyl (C=O) groups excluding carboxylic acids is 1. The van der Waals surface area contributed by atoms with Crippen LogP contribution in [0.4, 0.5) is 5.69 Å². The Bertz CT molecular complexity index is 756. The number of non-ortho nitro benzene ring substituents is 1. The van der Waals surface area contributed by atoms with Crippen LogP contribution < -0.4 is 5.32 Å². The number of aryl methyl sites for hydroxylation is 2. The van der Waals surface area contributed by atoms with Gasteiger partial charge in [-0.15, -0.1) is 0 Å². The smallest absolute Gasteiger partial charge is 0.269 e. The summed E-state index contributed by atoms with van der Waals surface area (Å²) in [5, 5.41) is 13.6. The molecule has 0 bridgehead atoms. The molecule has 1 aliphatic carbocycles. The van der Waals surface area contributed by atoms with E-state index in [4.69, 9.17) is 0 Å². The van der Waals surface area contributed by atoms with Gasteiger partial charge in [-0.25, -0.2) is 0 Å². The SMILES string of the molecule is Cc1cnc2c(c1)CCCC2NC(=O)c1ccc([N+](=O)[O-])cc1. The molecule has 1 aromatic heterocycles. The van der Waals surface area contributed by atoms with E-state index in [1.54, 1.807) is 0 Å². The van der Waals surface area contributed by atoms with Gasteiger partial charge in [0.15, 0.2) is 0 Å². The molecule has 1 aliphatic rings. The van der Waals surface area contributed by atoms with Gasteiger partial charge < -0.3 is 5.32 Å². The molecule has 0 saturated heterocycles. The van der Waals surface area contributed by atoms with Crippen molar-refractivity contribution in [2.75, 3.05) is 0 Å². The summed E-state index contributed by atoms with van der Waals surface area (Å²) in [7, 11) is 0. The molecule has 6 nitrogen and oxygen atoms in total. The Morgan fingerprint density at radius 2 is 2.09 bits per heavy atom. The number of nitrogens with one attached hydrogen (secondary N) is 1. The standard InChI is InChI=1S/C17H17N3O3/c1-11-9-13-3-2-4-15(16(13)18-10-11)19-17(21)12-5-7-14(8-6-12)20(22)23/h5-10,15H,2-4H2,1H3,(H,19,21). The van der Waals surface area contributed by atoms with Gasteiger partial charge in [0.05, 0.1) is 16.7 Å². The highest BCUT2D eigenvalue weighted by Crippen LogP contribution is 2.28. The highest BCUT2D eigenvalue weighted by atomic mass is 16.6. The summed E-state index contributed by atoms with van der Waals surface area (Å²) < 4.78 is 0. The van der Waals surface area contributed by atoms with Crippen molar-refractivity contribution >= 4 is 11.6 Å². The van der Waals surface area contributed by atoms with Gasteiger partial charge in [0.1, 0.15) is 0 Å². The number of carbonyl (C=O) groups is 1. The van der Waals surface area contributed by atoms with Gasteiger partial charge in [0.2, 0.25) is 0 Å². The van der Waals surface area contributed by atoms with Crippen LogP contribution in [-0.2, 0) is 6.42 Å². The summed E-state index contributed by atoms with van der Waals surface area (Å²) in [6, 6.07) is 7.63. The van der Waals surface area contributed by atoms with E-state index in [0.717, 1.165) is 30.5 Å². The van der Waals surface area contributed by atoms with E-state index in [1.165, 1.54) is 29.8 Å². The molecule has 0 saturated carbocycles. The lowest BCUT2D eigenvalue weighted by atomic mass is 9.91. The second-order valence-electron chi connectivity index (χ2n) is 5.78. The van der Waals surface area contributed by atoms with Crippen molar-refractivity contribution in [3.8, 4) is 0 Å². The molecule has 3 rings (SSSR count). The molecular weight excluding hydrogens is 294 g/mol. The van der Waals surface area contributed by atoms with Crippen LogP contribution in [-0.4, -0.2) is 15.8 Å². The average molecular weight is 311 g/mol. The Morgan fingerprint density at radius 3 is 2.78 bits per heavy atom. The maximum atomic E-state index is 12.4. The van der Waals surface area contributed by atoms with Crippen LogP contribution >= 0.6 is 0 Å². The largest absolute Gasteiger partial charge is 0.344 e. The molecule has 1 amide bonds. The summed E-state index contributed by atoms with van der Waals surface area (Å²) in [5.74, 6) is -0.236. The van der Waals surface area contributed by atoms with Gasteiger partial charge in [-0.1, -0.05) is 6.07 Å². The van der Waals surface area contributed by atoms with Crippen molar-refractivity contribution in [3.05, 3.63) is 69.0 Å². The number of nitro groups is 1. The molecule has 1 heterocycles. The Hall–Kier alpha value is -2.76. The number of hydrogen-bond donors (Lipinski definition) is 1. The summed E-state index contributed by atoms with van der Waals surface area (Å²) in [6.45, 7) is 2.01. The van der Waals surface area contributed by atoms with E-state index in [0.29, 0.717) is 5.56 Å². The van der Waals surface area contributed by atoms with Gasteiger partial charge in [-0.2, -0.15) is 0 Å². The Kier molecular flexibility index (Phi) is 4.06. The third-order valence-electron chi connectivity index (χ3n) is 4.05. The van der Waals surface area contributed by atoms with Crippen molar-refractivity contribution in [3.63, 3.8) is 0 Å². The van der Waals surface area contributed by atoms with Crippen LogP contribution in [0.25, 0.3) is 0 Å². The van der Waals surface area contributed by atoms with E-state index in [-0.39, 0.29) is 17.6 Å². The minimum absolute atomic E-state index is 0.0262. The molecule has 0 spiro atoms. The van der Waals surface area contributed by atoms with Gasteiger partial charge in [0.25, 0.3) is 11.6 Å². The number of rotatable bonds is 3. The molecule has 0 fully saturated rings. The molecule has 2 aromatic rings. The molecule has 0 aliphatic heterocycles. The van der Waals surface area contributed by atoms with Crippen molar-refractivity contribution in [1.29, 1.82) is 0 Å². The zero-order valence-corrected chi connectivity index (χ0v) is 12.8. The zero-order valence-electron chi connectivity index (χ0n) is 12.8. The van der Waals surface area contributed by atoms with E-state index >= 15 is 0 Å². The fourth-order valence-electron chi connectivity index (χ4n) is 2.90. The second kappa shape index (κ2) is 6.16. The minimum Gasteiger partial charge on any atom is -0.344 e. The van der Waals surface area contributed by atoms with Crippen LogP contribution in [0, 0.1) is 17.0 Å². The third-order valence-corrected chi connectivity index (χ3v) is 4.05. The van der Waals surface area contributed by atoms with Gasteiger partial charge in [-0.05, 0) is 49.4 Å². The Morgan fingerprint density at radius 1 is 1.35 bits per heavy atom. The fraction of sp³-hybridized carbons (Fsp3) is 0.294. The monoisotopic (exact) mass is 311 g/mol. The lowest BCUT2D eigenvalue weighted by Gasteiger charge is -2.25. The number of hydrogen-bond acceptors (Lipinski definition) is 4. The first kappa shape index (κ1) is 15.1. The number of nitrogens with zero attached hydrogens (tertiary/aromatic N) is 2. The van der Waals surface area contributed by atoms with Crippen LogP contribution in [0.2, 0.25) is 0 Å². The van der Waals surface area contributed by atoms with Gasteiger partial charge in [0, 0.05) is 23.9 Å². The number of nitro benzene ring substituents is 1. The van der Waals surface area contributed by atoms with Gasteiger partial charge in [-0.3, -0.25) is 19.9 Å². The lowest BCUT2D eigenvalue weighted by molar-refractivity contribution is -0.384. The maximum absolute atomic E-state index is 12.4. The molecule has 1 aromatic carbocycles. The van der Waals surface area contributed by atoms with E-state index in [2.05, 4.69) is 16.4 Å². The van der Waals surface area contributed by atoms with E-state index in [1.807, 2.05) is 13.1 Å². The summed E-state index contributed by atoms with van der Waals surface area (Å²) in [5.41, 5.74) is 3.62. The molecule has 23 heavy (non-hydrogen) atoms. The number of amides is 1. The molecule has 6 heteroatoms. The number of pyridine rings is 1. The molecule has 118 valence electrons. The molecule has 0 radical (unpaired) electrons. The van der Waals surface area contributed by atoms with Crippen molar-refractivity contribution in [1.82, 2.24) is 10.3 Å². The van der Waals surface area contributed by atoms with E-state index in [9.17, 15) is 14.9 Å². The molecule has 1 unspecified atom stereocenters. The number of benzene rings is 1. The van der Waals surface area contributed by atoms with E-state index < -0.39 is 4.92 Å². The first-order valence-electron chi connectivity index (χ1n) is 7.55. The number of fused-ring (bicyclic) bond motifs is 1. The number of aromatic nitrogens is 1. The Labute approximate surface area is 133 Å². The fourth-order valence-corrected chi connectivity index (χ4v) is 2.90. The second-order valence-corrected chi connectivity index (χ2v) is 5.78. The topological polar surface area (TPSA) is 85.1 Å². The van der Waals surface area contributed by atoms with Crippen molar-refractivity contribution in [2.24, 2.45) is 0 Å². The third kappa shape index (κ3) is 3.21. The highest BCUT2D eigenvalue weighted by Gasteiger charge is 2.23. The first-order valence-corrected chi connectivity index (χ1v) is 7.55. The predicted molar refractivity (Wildman–Crippen MR) is 85.2 cm³/mol. The first-order chi connectivity index (χ1) is 11.0. The van der Waals surface area contributed by atoms with Crippen molar-refractivity contribution < 1.29 is 9.72 Å². The van der Waals surface area contributed by atoms with Crippen LogP contribution in [0.15, 0.2) is 36.5 Å². The Balaban J connectivity index is 1.77. The zero-order chi connectivity index (χ0) is 16.4. The van der Waals surface area contributed by atoms with Crippen LogP contribution in [0.1, 0.15) is 46.1 Å². The lowest BCUT2D eigenvalue weighted by Crippen LogP contribution is -2.31. The predicted octanol–water partition coefficient (Wildman–Crippen LogP) is 3.11. The maximum Gasteiger partial charge on any atom is 0.269 e. The quantitative estimate of drug-likeness (QED) is 0.697. The highest BCUT2D eigenvalue weighted by molar-refractivity contribution is 5.94. The van der Waals surface area contributed by atoms with Crippen molar-refractivity contribution in [2.45, 2.75) is 32.2 Å². The summed E-state index contributed by atoms with van der Waals surface area (Å²) in [4.78, 5) is 27.0. The summed E-state index contributed by atoms with van der Waals surface area (Å²) in [6.07, 6.45) is 4.65. The average Bonchev–Trinajstić information content (AvgIpc) is 2.54. The molecule has 1 N–H and O–H groups in total.